The summed E-state index contributed by atoms with van der Waals surface area (Å²) >= 11 is 6.09. The molecule has 8 nitrogen and oxygen atoms in total. The number of hydrogen-bond donors (Lipinski definition) is 3. The number of amides is 2. The van der Waals surface area contributed by atoms with E-state index in [1.807, 2.05) is 47.4 Å². The Labute approximate surface area is 254 Å². The summed E-state index contributed by atoms with van der Waals surface area (Å²) < 4.78 is 27.3. The lowest BCUT2D eigenvalue weighted by molar-refractivity contribution is -0.133. The largest absolute Gasteiger partial charge is 0.350 e. The molecule has 1 heterocycles. The average molecular weight is 613 g/mol. The Morgan fingerprint density at radius 2 is 1.79 bits per heavy atom. The molecule has 10 heteroatoms. The number of rotatable bonds is 12. The third kappa shape index (κ3) is 8.31. The SMILES string of the molecule is CC[C@H](CN1CC[C@@H](CNC(=O)c2ccc3cc(Cl)ccc3c2)N[C@@H](CCNS(=O)(=O)C(C)C)C1=O)c1ccccc1. The Kier molecular flexibility index (Phi) is 11.0. The molecule has 1 aliphatic rings. The van der Waals surface area contributed by atoms with E-state index < -0.39 is 21.3 Å². The summed E-state index contributed by atoms with van der Waals surface area (Å²) in [5.74, 6) is -0.0538. The minimum Gasteiger partial charge on any atom is -0.350 e. The van der Waals surface area contributed by atoms with Crippen LogP contribution in [0.2, 0.25) is 5.02 Å². The fraction of sp³-hybridized carbons (Fsp3) is 0.438. The van der Waals surface area contributed by atoms with Gasteiger partial charge in [0.05, 0.1) is 11.3 Å². The molecule has 226 valence electrons. The molecule has 0 aliphatic carbocycles. The van der Waals surface area contributed by atoms with Gasteiger partial charge in [0, 0.05) is 48.7 Å². The van der Waals surface area contributed by atoms with Crippen LogP contribution in [0.5, 0.6) is 0 Å². The van der Waals surface area contributed by atoms with E-state index >= 15 is 0 Å². The summed E-state index contributed by atoms with van der Waals surface area (Å²) in [5.41, 5.74) is 1.73. The van der Waals surface area contributed by atoms with Crippen molar-refractivity contribution in [2.45, 2.75) is 63.3 Å². The predicted molar refractivity (Wildman–Crippen MR) is 169 cm³/mol. The van der Waals surface area contributed by atoms with Gasteiger partial charge >= 0.3 is 0 Å². The van der Waals surface area contributed by atoms with Crippen molar-refractivity contribution in [3.8, 4) is 0 Å². The van der Waals surface area contributed by atoms with E-state index in [9.17, 15) is 18.0 Å². The molecular weight excluding hydrogens is 572 g/mol. The summed E-state index contributed by atoms with van der Waals surface area (Å²) in [7, 11) is -3.45. The number of nitrogens with one attached hydrogen (secondary N) is 3. The molecule has 0 saturated carbocycles. The topological polar surface area (TPSA) is 108 Å². The van der Waals surface area contributed by atoms with Gasteiger partial charge in [0.1, 0.15) is 0 Å². The molecular formula is C32H41ClN4O4S. The van der Waals surface area contributed by atoms with E-state index in [0.717, 1.165) is 17.2 Å². The second-order valence-corrected chi connectivity index (χ2v) is 14.0. The molecule has 3 aromatic carbocycles. The van der Waals surface area contributed by atoms with E-state index in [-0.39, 0.29) is 30.3 Å². The van der Waals surface area contributed by atoms with Gasteiger partial charge in [-0.15, -0.1) is 0 Å². The normalized spacial score (nSPS) is 18.7. The summed E-state index contributed by atoms with van der Waals surface area (Å²) in [6, 6.07) is 20.5. The first kappa shape index (κ1) is 31.9. The third-order valence-corrected chi connectivity index (χ3v) is 10.0. The standard InChI is InChI=1S/C32H41ClN4O4S/c1-4-23(24-8-6-5-7-9-24)21-37-17-15-29(36-30(32(37)39)14-16-35-42(40,41)22(2)3)20-34-31(38)27-11-10-26-19-28(33)13-12-25(26)18-27/h5-13,18-19,22-23,29-30,35-36H,4,14-17,20-21H2,1-3H3,(H,34,38)/t23-,29+,30+/m1/s1. The van der Waals surface area contributed by atoms with Crippen LogP contribution in [-0.2, 0) is 14.8 Å². The third-order valence-electron chi connectivity index (χ3n) is 7.93. The van der Waals surface area contributed by atoms with Crippen molar-refractivity contribution in [1.29, 1.82) is 0 Å². The van der Waals surface area contributed by atoms with E-state index in [2.05, 4.69) is 34.4 Å². The molecule has 2 amide bonds. The molecule has 42 heavy (non-hydrogen) atoms. The van der Waals surface area contributed by atoms with Crippen LogP contribution in [0.3, 0.4) is 0 Å². The van der Waals surface area contributed by atoms with Gasteiger partial charge in [-0.2, -0.15) is 0 Å². The first-order chi connectivity index (χ1) is 20.1. The molecule has 1 saturated heterocycles. The highest BCUT2D eigenvalue weighted by Gasteiger charge is 2.32. The van der Waals surface area contributed by atoms with Crippen molar-refractivity contribution < 1.29 is 18.0 Å². The summed E-state index contributed by atoms with van der Waals surface area (Å²) in [6.07, 6.45) is 1.85. The van der Waals surface area contributed by atoms with Crippen LogP contribution in [0.1, 0.15) is 61.9 Å². The number of benzene rings is 3. The first-order valence-corrected chi connectivity index (χ1v) is 16.6. The summed E-state index contributed by atoms with van der Waals surface area (Å²) in [5, 5.41) is 8.42. The molecule has 0 bridgehead atoms. The van der Waals surface area contributed by atoms with Gasteiger partial charge in [0.15, 0.2) is 0 Å². The zero-order chi connectivity index (χ0) is 30.3. The molecule has 3 atom stereocenters. The molecule has 0 aromatic heterocycles. The van der Waals surface area contributed by atoms with Crippen LogP contribution in [0.25, 0.3) is 10.8 Å². The lowest BCUT2D eigenvalue weighted by Gasteiger charge is -2.28. The van der Waals surface area contributed by atoms with Crippen molar-refractivity contribution in [3.63, 3.8) is 0 Å². The number of carbonyl (C=O) groups excluding carboxylic acids is 2. The predicted octanol–water partition coefficient (Wildman–Crippen LogP) is 4.69. The second-order valence-electron chi connectivity index (χ2n) is 11.2. The molecule has 3 N–H and O–H groups in total. The maximum Gasteiger partial charge on any atom is 0.251 e. The summed E-state index contributed by atoms with van der Waals surface area (Å²) in [4.78, 5) is 28.7. The van der Waals surface area contributed by atoms with E-state index in [1.165, 1.54) is 5.56 Å². The van der Waals surface area contributed by atoms with Crippen LogP contribution in [0, 0.1) is 0 Å². The number of fused-ring (bicyclic) bond motifs is 1. The van der Waals surface area contributed by atoms with Gasteiger partial charge in [0.25, 0.3) is 5.91 Å². The average Bonchev–Trinajstić information content (AvgIpc) is 3.12. The lowest BCUT2D eigenvalue weighted by atomic mass is 9.95. The van der Waals surface area contributed by atoms with Crippen molar-refractivity contribution in [2.24, 2.45) is 0 Å². The number of nitrogens with zero attached hydrogens (tertiary/aromatic N) is 1. The minimum absolute atomic E-state index is 0.0462. The fourth-order valence-electron chi connectivity index (χ4n) is 5.28. The quantitative estimate of drug-likeness (QED) is 0.275. The molecule has 1 fully saturated rings. The van der Waals surface area contributed by atoms with Crippen LogP contribution >= 0.6 is 11.6 Å². The zero-order valence-corrected chi connectivity index (χ0v) is 26.0. The second kappa shape index (κ2) is 14.5. The Balaban J connectivity index is 1.45. The van der Waals surface area contributed by atoms with Gasteiger partial charge in [-0.05, 0) is 73.7 Å². The lowest BCUT2D eigenvalue weighted by Crippen LogP contribution is -2.50. The van der Waals surface area contributed by atoms with Crippen molar-refractivity contribution in [2.75, 3.05) is 26.2 Å². The van der Waals surface area contributed by atoms with Crippen molar-refractivity contribution in [1.82, 2.24) is 20.3 Å². The Bertz CT molecular complexity index is 1480. The number of halogens is 1. The first-order valence-electron chi connectivity index (χ1n) is 14.6. The molecule has 0 unspecified atom stereocenters. The number of hydrogen-bond acceptors (Lipinski definition) is 5. The van der Waals surface area contributed by atoms with Gasteiger partial charge in [-0.25, -0.2) is 13.1 Å². The number of sulfonamides is 1. The van der Waals surface area contributed by atoms with Gasteiger partial charge in [-0.1, -0.05) is 61.0 Å². The van der Waals surface area contributed by atoms with Gasteiger partial charge in [0.2, 0.25) is 15.9 Å². The molecule has 4 rings (SSSR count). The van der Waals surface area contributed by atoms with Crippen molar-refractivity contribution in [3.05, 3.63) is 82.9 Å². The molecule has 0 spiro atoms. The number of carbonyl (C=O) groups is 2. The Hall–Kier alpha value is -2.98. The van der Waals surface area contributed by atoms with Crippen molar-refractivity contribution >= 4 is 44.2 Å². The highest BCUT2D eigenvalue weighted by atomic mass is 35.5. The Morgan fingerprint density at radius 3 is 2.50 bits per heavy atom. The summed E-state index contributed by atoms with van der Waals surface area (Å²) in [6.45, 7) is 6.97. The van der Waals surface area contributed by atoms with Crippen LogP contribution in [0.15, 0.2) is 66.7 Å². The molecule has 1 aliphatic heterocycles. The highest BCUT2D eigenvalue weighted by molar-refractivity contribution is 7.90. The maximum absolute atomic E-state index is 13.8. The molecule has 0 radical (unpaired) electrons. The highest BCUT2D eigenvalue weighted by Crippen LogP contribution is 2.23. The Morgan fingerprint density at radius 1 is 1.07 bits per heavy atom. The maximum atomic E-state index is 13.8. The van der Waals surface area contributed by atoms with Crippen LogP contribution < -0.4 is 15.4 Å². The fourth-order valence-corrected chi connectivity index (χ4v) is 6.20. The zero-order valence-electron chi connectivity index (χ0n) is 24.5. The van der Waals surface area contributed by atoms with Crippen LogP contribution in [-0.4, -0.2) is 68.6 Å². The van der Waals surface area contributed by atoms with Crippen LogP contribution in [0.4, 0.5) is 0 Å². The van der Waals surface area contributed by atoms with E-state index in [1.54, 1.807) is 26.0 Å². The monoisotopic (exact) mass is 612 g/mol. The molecule has 3 aromatic rings. The van der Waals surface area contributed by atoms with Gasteiger partial charge < -0.3 is 15.5 Å². The smallest absolute Gasteiger partial charge is 0.251 e. The van der Waals surface area contributed by atoms with E-state index in [4.69, 9.17) is 11.6 Å². The van der Waals surface area contributed by atoms with Gasteiger partial charge in [-0.3, -0.25) is 9.59 Å². The van der Waals surface area contributed by atoms with E-state index in [0.29, 0.717) is 43.1 Å². The minimum atomic E-state index is -3.45.